The molecular weight excluding hydrogens is 691 g/mol. The molecule has 0 atom stereocenters. The highest BCUT2D eigenvalue weighted by atomic mass is 15.0. The normalized spacial score (nSPS) is 11.9. The van der Waals surface area contributed by atoms with E-state index < -0.39 is 0 Å². The molecule has 3 heterocycles. The fourth-order valence-electron chi connectivity index (χ4n) is 9.25. The summed E-state index contributed by atoms with van der Waals surface area (Å²) in [6.45, 7) is 0. The van der Waals surface area contributed by atoms with Crippen LogP contribution < -0.4 is 0 Å². The van der Waals surface area contributed by atoms with Crippen molar-refractivity contribution >= 4 is 65.4 Å². The Hall–Kier alpha value is -7.62. The number of nitrogens with zero attached hydrogens (tertiary/aromatic N) is 3. The SMILES string of the molecule is c1ccc(-c2ccc3c(c2)c2ccc(-n4c5ccccc5c5ccc(-c6ccc7c8ccccc8n(-c8ccccc8)c7c6)cc54)cc2n3-c2ccccc2)cc1. The second-order valence-electron chi connectivity index (χ2n) is 15.0. The molecule has 0 aliphatic heterocycles. The third kappa shape index (κ3) is 4.86. The summed E-state index contributed by atoms with van der Waals surface area (Å²) in [5.74, 6) is 0. The Morgan fingerprint density at radius 1 is 0.193 bits per heavy atom. The van der Waals surface area contributed by atoms with Crippen LogP contribution in [-0.2, 0) is 0 Å². The molecule has 3 heteroatoms. The van der Waals surface area contributed by atoms with Gasteiger partial charge in [0.1, 0.15) is 0 Å². The van der Waals surface area contributed by atoms with Gasteiger partial charge in [0.2, 0.25) is 0 Å². The van der Waals surface area contributed by atoms with Gasteiger partial charge in [-0.3, -0.25) is 0 Å². The number of benzene rings is 9. The van der Waals surface area contributed by atoms with Crippen molar-refractivity contribution in [2.24, 2.45) is 0 Å². The van der Waals surface area contributed by atoms with Crippen molar-refractivity contribution in [2.45, 2.75) is 0 Å². The van der Waals surface area contributed by atoms with Gasteiger partial charge in [-0.25, -0.2) is 0 Å². The molecule has 0 saturated carbocycles. The van der Waals surface area contributed by atoms with Crippen molar-refractivity contribution in [3.63, 3.8) is 0 Å². The Kier molecular flexibility index (Phi) is 6.93. The van der Waals surface area contributed by atoms with E-state index in [1.54, 1.807) is 0 Å². The summed E-state index contributed by atoms with van der Waals surface area (Å²) in [5, 5.41) is 7.48. The van der Waals surface area contributed by atoms with Gasteiger partial charge in [-0.2, -0.15) is 0 Å². The predicted octanol–water partition coefficient (Wildman–Crippen LogP) is 14.3. The van der Waals surface area contributed by atoms with Crippen LogP contribution in [0.4, 0.5) is 0 Å². The van der Waals surface area contributed by atoms with E-state index in [9.17, 15) is 0 Å². The van der Waals surface area contributed by atoms with Crippen LogP contribution in [0.25, 0.3) is 105 Å². The van der Waals surface area contributed by atoms with E-state index >= 15 is 0 Å². The first-order valence-electron chi connectivity index (χ1n) is 19.6. The Morgan fingerprint density at radius 2 is 0.579 bits per heavy atom. The van der Waals surface area contributed by atoms with Crippen LogP contribution >= 0.6 is 0 Å². The van der Waals surface area contributed by atoms with E-state index in [2.05, 4.69) is 226 Å². The Labute approximate surface area is 329 Å². The van der Waals surface area contributed by atoms with Gasteiger partial charge in [-0.15, -0.1) is 0 Å². The lowest BCUT2D eigenvalue weighted by atomic mass is 10.0. The van der Waals surface area contributed by atoms with Crippen LogP contribution in [0.2, 0.25) is 0 Å². The number of hydrogen-bond acceptors (Lipinski definition) is 0. The Bertz CT molecular complexity index is 3500. The average Bonchev–Trinajstić information content (AvgIpc) is 3.91. The largest absolute Gasteiger partial charge is 0.309 e. The molecule has 266 valence electrons. The van der Waals surface area contributed by atoms with Crippen molar-refractivity contribution in [1.82, 2.24) is 13.7 Å². The van der Waals surface area contributed by atoms with Crippen molar-refractivity contribution in [3.05, 3.63) is 212 Å². The van der Waals surface area contributed by atoms with E-state index in [-0.39, 0.29) is 0 Å². The number of fused-ring (bicyclic) bond motifs is 9. The lowest BCUT2D eigenvalue weighted by Crippen LogP contribution is -1.97. The Morgan fingerprint density at radius 3 is 1.16 bits per heavy atom. The molecule has 0 bridgehead atoms. The first kappa shape index (κ1) is 31.7. The van der Waals surface area contributed by atoms with E-state index in [0.29, 0.717) is 0 Å². The average molecular weight is 726 g/mol. The highest BCUT2D eigenvalue weighted by molar-refractivity contribution is 6.14. The molecule has 0 aliphatic rings. The van der Waals surface area contributed by atoms with Gasteiger partial charge in [0, 0.05) is 49.4 Å². The zero-order valence-electron chi connectivity index (χ0n) is 31.0. The molecule has 3 nitrogen and oxygen atoms in total. The third-order valence-corrected chi connectivity index (χ3v) is 11.8. The summed E-state index contributed by atoms with van der Waals surface area (Å²) < 4.78 is 7.27. The molecule has 0 aliphatic carbocycles. The molecule has 57 heavy (non-hydrogen) atoms. The third-order valence-electron chi connectivity index (χ3n) is 11.8. The number of aromatic nitrogens is 3. The fourth-order valence-corrected chi connectivity index (χ4v) is 9.25. The molecule has 0 fully saturated rings. The maximum absolute atomic E-state index is 2.45. The summed E-state index contributed by atoms with van der Waals surface area (Å²) in [4.78, 5) is 0. The topological polar surface area (TPSA) is 14.8 Å². The summed E-state index contributed by atoms with van der Waals surface area (Å²) in [5.41, 5.74) is 15.4. The quantitative estimate of drug-likeness (QED) is 0.168. The smallest absolute Gasteiger partial charge is 0.0561 e. The van der Waals surface area contributed by atoms with Crippen molar-refractivity contribution in [2.75, 3.05) is 0 Å². The number of para-hydroxylation sites is 4. The van der Waals surface area contributed by atoms with Gasteiger partial charge in [0.05, 0.1) is 33.1 Å². The van der Waals surface area contributed by atoms with Gasteiger partial charge < -0.3 is 13.7 Å². The van der Waals surface area contributed by atoms with E-state index in [0.717, 1.165) is 17.1 Å². The first-order chi connectivity index (χ1) is 28.3. The predicted molar refractivity (Wildman–Crippen MR) is 240 cm³/mol. The summed E-state index contributed by atoms with van der Waals surface area (Å²) in [6, 6.07) is 77.5. The molecule has 12 aromatic rings. The zero-order chi connectivity index (χ0) is 37.5. The molecule has 0 amide bonds. The van der Waals surface area contributed by atoms with Crippen LogP contribution in [0, 0.1) is 0 Å². The number of rotatable bonds is 5. The molecule has 3 aromatic heterocycles. The second kappa shape index (κ2) is 12.5. The van der Waals surface area contributed by atoms with Gasteiger partial charge in [0.15, 0.2) is 0 Å². The van der Waals surface area contributed by atoms with E-state index in [4.69, 9.17) is 0 Å². The van der Waals surface area contributed by atoms with Crippen LogP contribution in [0.5, 0.6) is 0 Å². The highest BCUT2D eigenvalue weighted by Gasteiger charge is 2.19. The van der Waals surface area contributed by atoms with Gasteiger partial charge in [-0.05, 0) is 95.1 Å². The maximum Gasteiger partial charge on any atom is 0.0561 e. The maximum atomic E-state index is 2.45. The molecule has 12 rings (SSSR count). The summed E-state index contributed by atoms with van der Waals surface area (Å²) in [6.07, 6.45) is 0. The van der Waals surface area contributed by atoms with Crippen LogP contribution in [0.15, 0.2) is 212 Å². The molecule has 0 spiro atoms. The lowest BCUT2D eigenvalue weighted by Gasteiger charge is -2.12. The minimum Gasteiger partial charge on any atom is -0.309 e. The zero-order valence-corrected chi connectivity index (χ0v) is 31.0. The molecule has 0 saturated heterocycles. The Balaban J connectivity index is 1.08. The first-order valence-corrected chi connectivity index (χ1v) is 19.6. The van der Waals surface area contributed by atoms with E-state index in [1.807, 2.05) is 0 Å². The molecule has 0 N–H and O–H groups in total. The summed E-state index contributed by atoms with van der Waals surface area (Å²) >= 11 is 0. The molecule has 0 radical (unpaired) electrons. The molecule has 0 unspecified atom stereocenters. The number of hydrogen-bond donors (Lipinski definition) is 0. The van der Waals surface area contributed by atoms with Gasteiger partial charge in [-0.1, -0.05) is 140 Å². The monoisotopic (exact) mass is 725 g/mol. The molecule has 9 aromatic carbocycles. The fraction of sp³-hybridized carbons (Fsp3) is 0. The minimum atomic E-state index is 1.13. The summed E-state index contributed by atoms with van der Waals surface area (Å²) in [7, 11) is 0. The van der Waals surface area contributed by atoms with Crippen LogP contribution in [-0.4, -0.2) is 13.7 Å². The minimum absolute atomic E-state index is 1.13. The molecular formula is C54H35N3. The van der Waals surface area contributed by atoms with Crippen molar-refractivity contribution < 1.29 is 0 Å². The van der Waals surface area contributed by atoms with Crippen molar-refractivity contribution in [1.29, 1.82) is 0 Å². The highest BCUT2D eigenvalue weighted by Crippen LogP contribution is 2.40. The lowest BCUT2D eigenvalue weighted by molar-refractivity contribution is 1.15. The van der Waals surface area contributed by atoms with Crippen LogP contribution in [0.1, 0.15) is 0 Å². The van der Waals surface area contributed by atoms with E-state index in [1.165, 1.54) is 87.7 Å². The van der Waals surface area contributed by atoms with Crippen LogP contribution in [0.3, 0.4) is 0 Å². The van der Waals surface area contributed by atoms with Gasteiger partial charge in [0.25, 0.3) is 0 Å². The van der Waals surface area contributed by atoms with Crippen molar-refractivity contribution in [3.8, 4) is 39.3 Å². The standard InChI is InChI=1S/C54H35N3/c1-4-14-36(15-5-1)37-26-31-51-48(32-37)47-30-27-42(35-54(47)56(51)41-18-8-3-9-19-41)57-50-23-13-11-21-44(50)46-29-25-39(34-53(46)57)38-24-28-45-43-20-10-12-22-49(43)55(52(45)33-38)40-16-6-2-7-17-40/h1-35H. The second-order valence-corrected chi connectivity index (χ2v) is 15.0. The van der Waals surface area contributed by atoms with Gasteiger partial charge >= 0.3 is 0 Å².